The number of rotatable bonds is 7. The summed E-state index contributed by atoms with van der Waals surface area (Å²) in [6, 6.07) is -0.964. The predicted molar refractivity (Wildman–Crippen MR) is 68.3 cm³/mol. The van der Waals surface area contributed by atoms with Crippen LogP contribution in [0.5, 0.6) is 0 Å². The van der Waals surface area contributed by atoms with Crippen LogP contribution in [0, 0.1) is 0 Å². The van der Waals surface area contributed by atoms with Crippen molar-refractivity contribution in [1.29, 1.82) is 0 Å². The zero-order valence-electron chi connectivity index (χ0n) is 11.6. The number of hydrogen-bond donors (Lipinski definition) is 3. The number of esters is 1. The molecule has 0 aromatic carbocycles. The SMILES string of the molecule is CC(C)(C)OC(=O)[C@H](CCC(=O)O)NC(=O)CCN. The molecular weight excluding hydrogens is 252 g/mol. The minimum Gasteiger partial charge on any atom is -0.481 e. The van der Waals surface area contributed by atoms with Crippen LogP contribution in [0.15, 0.2) is 0 Å². The Balaban J connectivity index is 4.60. The summed E-state index contributed by atoms with van der Waals surface area (Å²) in [6.07, 6.45) is -0.167. The Hall–Kier alpha value is -1.63. The van der Waals surface area contributed by atoms with Gasteiger partial charge in [-0.25, -0.2) is 4.79 Å². The number of carbonyl (C=O) groups is 3. The summed E-state index contributed by atoms with van der Waals surface area (Å²) in [4.78, 5) is 33.8. The van der Waals surface area contributed by atoms with Crippen molar-refractivity contribution >= 4 is 17.8 Å². The molecule has 0 heterocycles. The van der Waals surface area contributed by atoms with Gasteiger partial charge in [0, 0.05) is 19.4 Å². The van der Waals surface area contributed by atoms with Crippen molar-refractivity contribution in [2.75, 3.05) is 6.54 Å². The highest BCUT2D eigenvalue weighted by Gasteiger charge is 2.26. The van der Waals surface area contributed by atoms with Gasteiger partial charge in [0.25, 0.3) is 0 Å². The van der Waals surface area contributed by atoms with Crippen LogP contribution in [-0.4, -0.2) is 41.1 Å². The van der Waals surface area contributed by atoms with Crippen molar-refractivity contribution in [2.45, 2.75) is 51.7 Å². The molecule has 0 aliphatic heterocycles. The fraction of sp³-hybridized carbons (Fsp3) is 0.750. The summed E-state index contributed by atoms with van der Waals surface area (Å²) >= 11 is 0. The summed E-state index contributed by atoms with van der Waals surface area (Å²) < 4.78 is 5.13. The third-order valence-electron chi connectivity index (χ3n) is 2.04. The lowest BCUT2D eigenvalue weighted by Crippen LogP contribution is -2.44. The third-order valence-corrected chi connectivity index (χ3v) is 2.04. The molecule has 0 aromatic rings. The van der Waals surface area contributed by atoms with Gasteiger partial charge in [0.1, 0.15) is 11.6 Å². The van der Waals surface area contributed by atoms with Crippen molar-refractivity contribution in [3.8, 4) is 0 Å². The minimum atomic E-state index is -1.04. The number of nitrogens with two attached hydrogens (primary N) is 1. The zero-order valence-corrected chi connectivity index (χ0v) is 11.6. The summed E-state index contributed by atoms with van der Waals surface area (Å²) in [7, 11) is 0. The Bertz CT molecular complexity index is 336. The van der Waals surface area contributed by atoms with E-state index >= 15 is 0 Å². The maximum atomic E-state index is 11.9. The second kappa shape index (κ2) is 7.73. The first-order valence-corrected chi connectivity index (χ1v) is 6.10. The van der Waals surface area contributed by atoms with Gasteiger partial charge in [0.05, 0.1) is 0 Å². The van der Waals surface area contributed by atoms with Crippen LogP contribution in [-0.2, 0) is 19.1 Å². The van der Waals surface area contributed by atoms with Crippen molar-refractivity contribution in [3.63, 3.8) is 0 Å². The van der Waals surface area contributed by atoms with E-state index < -0.39 is 29.5 Å². The van der Waals surface area contributed by atoms with E-state index in [1.807, 2.05) is 0 Å². The van der Waals surface area contributed by atoms with Gasteiger partial charge in [-0.15, -0.1) is 0 Å². The van der Waals surface area contributed by atoms with Crippen LogP contribution in [0.2, 0.25) is 0 Å². The largest absolute Gasteiger partial charge is 0.481 e. The van der Waals surface area contributed by atoms with E-state index in [9.17, 15) is 14.4 Å². The second-order valence-electron chi connectivity index (χ2n) is 5.12. The Morgan fingerprint density at radius 1 is 1.26 bits per heavy atom. The van der Waals surface area contributed by atoms with E-state index in [-0.39, 0.29) is 25.8 Å². The first-order chi connectivity index (χ1) is 8.65. The third kappa shape index (κ3) is 9.01. The van der Waals surface area contributed by atoms with Crippen molar-refractivity contribution in [1.82, 2.24) is 5.32 Å². The molecular formula is C12H22N2O5. The molecule has 0 aromatic heterocycles. The quantitative estimate of drug-likeness (QED) is 0.563. The molecule has 1 amide bonds. The van der Waals surface area contributed by atoms with Crippen LogP contribution in [0.25, 0.3) is 0 Å². The minimum absolute atomic E-state index is 0.0133. The molecule has 110 valence electrons. The Labute approximate surface area is 112 Å². The molecule has 4 N–H and O–H groups in total. The summed E-state index contributed by atoms with van der Waals surface area (Å²) in [5.74, 6) is -2.08. The molecule has 7 heteroatoms. The number of carbonyl (C=O) groups excluding carboxylic acids is 2. The molecule has 7 nitrogen and oxygen atoms in total. The monoisotopic (exact) mass is 274 g/mol. The number of aliphatic carboxylic acids is 1. The Morgan fingerprint density at radius 3 is 2.26 bits per heavy atom. The Kier molecular flexibility index (Phi) is 7.06. The van der Waals surface area contributed by atoms with Gasteiger partial charge < -0.3 is 20.9 Å². The summed E-state index contributed by atoms with van der Waals surface area (Å²) in [6.45, 7) is 5.24. The lowest BCUT2D eigenvalue weighted by atomic mass is 10.1. The van der Waals surface area contributed by atoms with Gasteiger partial charge in [0.2, 0.25) is 5.91 Å². The highest BCUT2D eigenvalue weighted by Crippen LogP contribution is 2.11. The molecule has 0 rings (SSSR count). The number of nitrogens with one attached hydrogen (secondary N) is 1. The van der Waals surface area contributed by atoms with Gasteiger partial charge in [-0.3, -0.25) is 9.59 Å². The lowest BCUT2D eigenvalue weighted by Gasteiger charge is -2.24. The topological polar surface area (TPSA) is 119 Å². The first kappa shape index (κ1) is 17.4. The molecule has 0 aliphatic rings. The van der Waals surface area contributed by atoms with Crippen molar-refractivity contribution < 1.29 is 24.2 Å². The van der Waals surface area contributed by atoms with E-state index in [1.54, 1.807) is 20.8 Å². The normalized spacial score (nSPS) is 12.6. The number of hydrogen-bond acceptors (Lipinski definition) is 5. The van der Waals surface area contributed by atoms with Gasteiger partial charge >= 0.3 is 11.9 Å². The van der Waals surface area contributed by atoms with Crippen LogP contribution in [0.4, 0.5) is 0 Å². The number of amides is 1. The van der Waals surface area contributed by atoms with E-state index in [2.05, 4.69) is 5.32 Å². The number of carboxylic acids is 1. The fourth-order valence-corrected chi connectivity index (χ4v) is 1.29. The van der Waals surface area contributed by atoms with E-state index in [4.69, 9.17) is 15.6 Å². The molecule has 0 radical (unpaired) electrons. The zero-order chi connectivity index (χ0) is 15.1. The second-order valence-corrected chi connectivity index (χ2v) is 5.12. The average Bonchev–Trinajstić information content (AvgIpc) is 2.21. The Morgan fingerprint density at radius 2 is 1.84 bits per heavy atom. The van der Waals surface area contributed by atoms with Crippen molar-refractivity contribution in [3.05, 3.63) is 0 Å². The molecule has 19 heavy (non-hydrogen) atoms. The number of carboxylic acid groups (broad SMARTS) is 1. The molecule has 1 atom stereocenters. The lowest BCUT2D eigenvalue weighted by molar-refractivity contribution is -0.159. The molecule has 0 aliphatic carbocycles. The van der Waals surface area contributed by atoms with Crippen LogP contribution >= 0.6 is 0 Å². The molecule has 0 spiro atoms. The van der Waals surface area contributed by atoms with Gasteiger partial charge in [-0.05, 0) is 27.2 Å². The number of ether oxygens (including phenoxy) is 1. The van der Waals surface area contributed by atoms with Gasteiger partial charge in [0.15, 0.2) is 0 Å². The predicted octanol–water partition coefficient (Wildman–Crippen LogP) is 0.0265. The van der Waals surface area contributed by atoms with Crippen LogP contribution in [0.1, 0.15) is 40.0 Å². The molecule has 0 saturated carbocycles. The maximum Gasteiger partial charge on any atom is 0.329 e. The molecule has 0 unspecified atom stereocenters. The first-order valence-electron chi connectivity index (χ1n) is 6.10. The van der Waals surface area contributed by atoms with Crippen molar-refractivity contribution in [2.24, 2.45) is 5.73 Å². The molecule has 0 saturated heterocycles. The van der Waals surface area contributed by atoms with E-state index in [0.29, 0.717) is 0 Å². The molecule has 0 fully saturated rings. The molecule has 0 bridgehead atoms. The maximum absolute atomic E-state index is 11.9. The smallest absolute Gasteiger partial charge is 0.329 e. The summed E-state index contributed by atoms with van der Waals surface area (Å²) in [5, 5.41) is 11.1. The average molecular weight is 274 g/mol. The van der Waals surface area contributed by atoms with E-state index in [0.717, 1.165) is 0 Å². The fourth-order valence-electron chi connectivity index (χ4n) is 1.29. The van der Waals surface area contributed by atoms with Crippen LogP contribution in [0.3, 0.4) is 0 Å². The van der Waals surface area contributed by atoms with Gasteiger partial charge in [-0.1, -0.05) is 0 Å². The highest BCUT2D eigenvalue weighted by atomic mass is 16.6. The van der Waals surface area contributed by atoms with E-state index in [1.165, 1.54) is 0 Å². The summed E-state index contributed by atoms with van der Waals surface area (Å²) in [5.41, 5.74) is 4.54. The van der Waals surface area contributed by atoms with Gasteiger partial charge in [-0.2, -0.15) is 0 Å². The standard InChI is InChI=1S/C12H22N2O5/c1-12(2,3)19-11(18)8(4-5-10(16)17)14-9(15)6-7-13/h8H,4-7,13H2,1-3H3,(H,14,15)(H,16,17)/t8-/m0/s1. The highest BCUT2D eigenvalue weighted by molar-refractivity contribution is 5.85. The van der Waals surface area contributed by atoms with Crippen LogP contribution < -0.4 is 11.1 Å².